The van der Waals surface area contributed by atoms with Crippen molar-refractivity contribution < 1.29 is 9.47 Å². The van der Waals surface area contributed by atoms with Crippen molar-refractivity contribution in [2.75, 3.05) is 13.2 Å². The minimum atomic E-state index is 0.447. The first kappa shape index (κ1) is 12.7. The topological polar surface area (TPSA) is 21.8 Å². The van der Waals surface area contributed by atoms with Crippen molar-refractivity contribution >= 4 is 11.6 Å². The summed E-state index contributed by atoms with van der Waals surface area (Å²) in [5, 5.41) is 0.831. The van der Waals surface area contributed by atoms with Gasteiger partial charge in [-0.15, -0.1) is 0 Å². The van der Waals surface area contributed by atoms with E-state index in [1.165, 1.54) is 5.56 Å². The van der Waals surface area contributed by atoms with Crippen molar-refractivity contribution in [1.82, 2.24) is 0 Å². The summed E-state index contributed by atoms with van der Waals surface area (Å²) < 4.78 is 11.0. The molecule has 0 spiro atoms. The molecule has 1 aromatic carbocycles. The summed E-state index contributed by atoms with van der Waals surface area (Å²) in [6.45, 7) is 7.72. The number of hydrogen-bond acceptors (Lipinski definition) is 2. The fourth-order valence-corrected chi connectivity index (χ4v) is 2.38. The predicted molar refractivity (Wildman–Crippen MR) is 70.2 cm³/mol. The lowest BCUT2D eigenvalue weighted by atomic mass is 9.98. The highest BCUT2D eigenvalue weighted by Gasteiger charge is 2.23. The second kappa shape index (κ2) is 5.28. The summed E-state index contributed by atoms with van der Waals surface area (Å²) in [5.41, 5.74) is 3.50. The van der Waals surface area contributed by atoms with Crippen LogP contribution in [0.5, 0.6) is 5.75 Å². The molecule has 94 valence electrons. The molecule has 3 heteroatoms. The van der Waals surface area contributed by atoms with Gasteiger partial charge in [-0.25, -0.2) is 0 Å². The van der Waals surface area contributed by atoms with Crippen LogP contribution in [0, 0.1) is 13.8 Å². The second-order valence-electron chi connectivity index (χ2n) is 4.53. The molecule has 0 aliphatic carbocycles. The smallest absolute Gasteiger partial charge is 0.125 e. The maximum absolute atomic E-state index is 6.24. The summed E-state index contributed by atoms with van der Waals surface area (Å²) >= 11 is 6.24. The number of hydrogen-bond donors (Lipinski definition) is 0. The zero-order valence-electron chi connectivity index (χ0n) is 10.7. The van der Waals surface area contributed by atoms with Gasteiger partial charge in [-0.1, -0.05) is 11.6 Å². The van der Waals surface area contributed by atoms with E-state index in [1.54, 1.807) is 0 Å². The molecule has 1 unspecified atom stereocenters. The van der Waals surface area contributed by atoms with Crippen LogP contribution in [0.2, 0.25) is 5.02 Å². The molecule has 0 saturated carbocycles. The maximum atomic E-state index is 6.24. The van der Waals surface area contributed by atoms with Crippen LogP contribution in [0.25, 0.3) is 0 Å². The lowest BCUT2D eigenvalue weighted by Crippen LogP contribution is -2.03. The molecule has 0 N–H and O–H groups in total. The van der Waals surface area contributed by atoms with Gasteiger partial charge in [0.25, 0.3) is 0 Å². The van der Waals surface area contributed by atoms with Gasteiger partial charge in [0, 0.05) is 5.02 Å². The van der Waals surface area contributed by atoms with E-state index >= 15 is 0 Å². The zero-order valence-corrected chi connectivity index (χ0v) is 11.4. The summed E-state index contributed by atoms with van der Waals surface area (Å²) in [4.78, 5) is 0. The average molecular weight is 255 g/mol. The van der Waals surface area contributed by atoms with Crippen molar-refractivity contribution in [1.29, 1.82) is 0 Å². The molecule has 1 aliphatic heterocycles. The summed E-state index contributed by atoms with van der Waals surface area (Å²) in [5.74, 6) is 1.01. The molecule has 0 bridgehead atoms. The Bertz CT molecular complexity index is 411. The molecule has 0 radical (unpaired) electrons. The van der Waals surface area contributed by atoms with E-state index in [-0.39, 0.29) is 0 Å². The molecule has 17 heavy (non-hydrogen) atoms. The highest BCUT2D eigenvalue weighted by Crippen LogP contribution is 2.34. The molecule has 1 heterocycles. The second-order valence-corrected chi connectivity index (χ2v) is 4.94. The molecule has 0 amide bonds. The lowest BCUT2D eigenvalue weighted by Gasteiger charge is -2.16. The number of aryl methyl sites for hydroxylation is 1. The SMILES string of the molecule is CCOc1c(C)cc(Cl)c(C)c1CCC1CO1. The Morgan fingerprint density at radius 3 is 2.76 bits per heavy atom. The third-order valence-corrected chi connectivity index (χ3v) is 3.59. The molecule has 2 nitrogen and oxygen atoms in total. The summed E-state index contributed by atoms with van der Waals surface area (Å²) in [6, 6.07) is 1.99. The molecule has 1 aromatic rings. The van der Waals surface area contributed by atoms with E-state index in [9.17, 15) is 0 Å². The fraction of sp³-hybridized carbons (Fsp3) is 0.571. The van der Waals surface area contributed by atoms with E-state index in [0.717, 1.165) is 41.3 Å². The minimum Gasteiger partial charge on any atom is -0.493 e. The number of halogens is 1. The van der Waals surface area contributed by atoms with Gasteiger partial charge in [0.2, 0.25) is 0 Å². The average Bonchev–Trinajstić information content (AvgIpc) is 3.09. The quantitative estimate of drug-likeness (QED) is 0.748. The highest BCUT2D eigenvalue weighted by molar-refractivity contribution is 6.31. The van der Waals surface area contributed by atoms with Crippen molar-refractivity contribution in [2.45, 2.75) is 39.7 Å². The van der Waals surface area contributed by atoms with Crippen LogP contribution in [0.1, 0.15) is 30.0 Å². The molecular weight excluding hydrogens is 236 g/mol. The standard InChI is InChI=1S/C14H19ClO2/c1-4-16-14-9(2)7-13(15)10(3)12(14)6-5-11-8-17-11/h7,11H,4-6,8H2,1-3H3. The maximum Gasteiger partial charge on any atom is 0.125 e. The van der Waals surface area contributed by atoms with E-state index in [2.05, 4.69) is 6.92 Å². The fourth-order valence-electron chi connectivity index (χ4n) is 2.10. The molecular formula is C14H19ClO2. The molecule has 2 rings (SSSR count). The highest BCUT2D eigenvalue weighted by atomic mass is 35.5. The number of epoxide rings is 1. The van der Waals surface area contributed by atoms with Crippen LogP contribution in [0.3, 0.4) is 0 Å². The van der Waals surface area contributed by atoms with E-state index in [1.807, 2.05) is 19.9 Å². The van der Waals surface area contributed by atoms with Gasteiger partial charge in [-0.3, -0.25) is 0 Å². The van der Waals surface area contributed by atoms with E-state index in [0.29, 0.717) is 12.7 Å². The van der Waals surface area contributed by atoms with Crippen molar-refractivity contribution in [3.8, 4) is 5.75 Å². The summed E-state index contributed by atoms with van der Waals surface area (Å²) in [6.07, 6.45) is 2.48. The van der Waals surface area contributed by atoms with Gasteiger partial charge in [-0.05, 0) is 56.4 Å². The Labute approximate surface area is 108 Å². The number of benzene rings is 1. The Morgan fingerprint density at radius 1 is 1.47 bits per heavy atom. The Balaban J connectivity index is 2.28. The number of ether oxygens (including phenoxy) is 2. The van der Waals surface area contributed by atoms with Gasteiger partial charge in [0.05, 0.1) is 19.3 Å². The van der Waals surface area contributed by atoms with Crippen molar-refractivity contribution in [3.05, 3.63) is 27.8 Å². The van der Waals surface area contributed by atoms with Gasteiger partial charge >= 0.3 is 0 Å². The van der Waals surface area contributed by atoms with Crippen LogP contribution in [-0.2, 0) is 11.2 Å². The molecule has 1 saturated heterocycles. The van der Waals surface area contributed by atoms with Crippen molar-refractivity contribution in [3.63, 3.8) is 0 Å². The first-order chi connectivity index (χ1) is 8.13. The Kier molecular flexibility index (Phi) is 3.95. The van der Waals surface area contributed by atoms with Crippen molar-refractivity contribution in [2.24, 2.45) is 0 Å². The van der Waals surface area contributed by atoms with Crippen LogP contribution >= 0.6 is 11.6 Å². The van der Waals surface area contributed by atoms with E-state index < -0.39 is 0 Å². The molecule has 1 fully saturated rings. The molecule has 1 aliphatic rings. The summed E-state index contributed by atoms with van der Waals surface area (Å²) in [7, 11) is 0. The Hall–Kier alpha value is -0.730. The van der Waals surface area contributed by atoms with Crippen LogP contribution in [0.15, 0.2) is 6.07 Å². The number of rotatable bonds is 5. The third kappa shape index (κ3) is 2.93. The largest absolute Gasteiger partial charge is 0.493 e. The first-order valence-corrected chi connectivity index (χ1v) is 6.54. The predicted octanol–water partition coefficient (Wildman–Crippen LogP) is 3.69. The minimum absolute atomic E-state index is 0.447. The van der Waals surface area contributed by atoms with Crippen LogP contribution in [0.4, 0.5) is 0 Å². The van der Waals surface area contributed by atoms with Crippen LogP contribution in [-0.4, -0.2) is 19.3 Å². The molecule has 0 aromatic heterocycles. The van der Waals surface area contributed by atoms with Gasteiger partial charge in [0.15, 0.2) is 0 Å². The monoisotopic (exact) mass is 254 g/mol. The Morgan fingerprint density at radius 2 is 2.18 bits per heavy atom. The van der Waals surface area contributed by atoms with Crippen LogP contribution < -0.4 is 4.74 Å². The van der Waals surface area contributed by atoms with Gasteiger partial charge in [0.1, 0.15) is 5.75 Å². The van der Waals surface area contributed by atoms with Gasteiger partial charge < -0.3 is 9.47 Å². The van der Waals surface area contributed by atoms with Gasteiger partial charge in [-0.2, -0.15) is 0 Å². The normalized spacial score (nSPS) is 18.2. The zero-order chi connectivity index (χ0) is 12.4. The lowest BCUT2D eigenvalue weighted by molar-refractivity contribution is 0.332. The van der Waals surface area contributed by atoms with E-state index in [4.69, 9.17) is 21.1 Å². The molecule has 1 atom stereocenters. The third-order valence-electron chi connectivity index (χ3n) is 3.19. The first-order valence-electron chi connectivity index (χ1n) is 6.16.